The summed E-state index contributed by atoms with van der Waals surface area (Å²) in [6, 6.07) is 8.75. The van der Waals surface area contributed by atoms with E-state index in [0.717, 1.165) is 11.3 Å². The van der Waals surface area contributed by atoms with Gasteiger partial charge in [-0.1, -0.05) is 19.1 Å². The standard InChI is InChI=1S/C14H18N4O2/c1-9(8-15)6-13(19)16-11-4-2-10(3-5-11)12-7-14(20)18-17-12/h2-5,7,9H,6,8,15H2,1H3,(H,16,19)(H2,17,18,20). The molecule has 1 heterocycles. The van der Waals surface area contributed by atoms with Gasteiger partial charge in [-0.3, -0.25) is 19.8 Å². The maximum atomic E-state index is 11.7. The predicted molar refractivity (Wildman–Crippen MR) is 78.3 cm³/mol. The van der Waals surface area contributed by atoms with Crippen molar-refractivity contribution in [3.63, 3.8) is 0 Å². The minimum Gasteiger partial charge on any atom is -0.330 e. The minimum absolute atomic E-state index is 0.0502. The molecule has 106 valence electrons. The van der Waals surface area contributed by atoms with Crippen LogP contribution in [0.15, 0.2) is 35.1 Å². The van der Waals surface area contributed by atoms with E-state index >= 15 is 0 Å². The Hall–Kier alpha value is -2.34. The summed E-state index contributed by atoms with van der Waals surface area (Å²) in [4.78, 5) is 22.8. The lowest BCUT2D eigenvalue weighted by molar-refractivity contribution is -0.116. The quantitative estimate of drug-likeness (QED) is 0.660. The third-order valence-electron chi connectivity index (χ3n) is 3.01. The van der Waals surface area contributed by atoms with Crippen LogP contribution < -0.4 is 16.6 Å². The first kappa shape index (κ1) is 14.1. The van der Waals surface area contributed by atoms with E-state index in [1.807, 2.05) is 19.1 Å². The van der Waals surface area contributed by atoms with E-state index < -0.39 is 0 Å². The summed E-state index contributed by atoms with van der Waals surface area (Å²) in [5, 5.41) is 8.07. The molecule has 2 aromatic rings. The first-order valence-electron chi connectivity index (χ1n) is 6.46. The number of aromatic nitrogens is 2. The Morgan fingerprint density at radius 3 is 2.55 bits per heavy atom. The molecule has 20 heavy (non-hydrogen) atoms. The van der Waals surface area contributed by atoms with Crippen molar-refractivity contribution in [1.82, 2.24) is 10.2 Å². The molecule has 5 N–H and O–H groups in total. The Kier molecular flexibility index (Phi) is 4.37. The molecule has 0 bridgehead atoms. The van der Waals surface area contributed by atoms with Gasteiger partial charge in [0.15, 0.2) is 0 Å². The Balaban J connectivity index is 2.01. The molecule has 6 nitrogen and oxygen atoms in total. The molecule has 1 unspecified atom stereocenters. The van der Waals surface area contributed by atoms with Gasteiger partial charge in [0.05, 0.1) is 5.69 Å². The molecule has 0 aliphatic rings. The maximum Gasteiger partial charge on any atom is 0.264 e. The van der Waals surface area contributed by atoms with Gasteiger partial charge in [-0.15, -0.1) is 0 Å². The Labute approximate surface area is 116 Å². The van der Waals surface area contributed by atoms with E-state index in [1.165, 1.54) is 6.07 Å². The zero-order chi connectivity index (χ0) is 14.5. The summed E-state index contributed by atoms with van der Waals surface area (Å²) >= 11 is 0. The van der Waals surface area contributed by atoms with E-state index in [4.69, 9.17) is 5.73 Å². The van der Waals surface area contributed by atoms with Gasteiger partial charge < -0.3 is 11.1 Å². The van der Waals surface area contributed by atoms with E-state index in [0.29, 0.717) is 18.7 Å². The van der Waals surface area contributed by atoms with Gasteiger partial charge in [0.25, 0.3) is 5.56 Å². The van der Waals surface area contributed by atoms with Crippen LogP contribution in [0.4, 0.5) is 5.69 Å². The number of rotatable bonds is 5. The van der Waals surface area contributed by atoms with Crippen LogP contribution in [0.3, 0.4) is 0 Å². The molecule has 0 fully saturated rings. The zero-order valence-electron chi connectivity index (χ0n) is 11.3. The van der Waals surface area contributed by atoms with Gasteiger partial charge >= 0.3 is 0 Å². The predicted octanol–water partition coefficient (Wildman–Crippen LogP) is 1.29. The smallest absolute Gasteiger partial charge is 0.264 e. The highest BCUT2D eigenvalue weighted by Crippen LogP contribution is 2.18. The zero-order valence-corrected chi connectivity index (χ0v) is 11.3. The molecule has 1 aromatic heterocycles. The molecule has 0 saturated heterocycles. The average Bonchev–Trinajstić information content (AvgIpc) is 2.86. The van der Waals surface area contributed by atoms with Crippen molar-refractivity contribution in [3.05, 3.63) is 40.7 Å². The minimum atomic E-state index is -0.173. The van der Waals surface area contributed by atoms with Crippen molar-refractivity contribution in [3.8, 4) is 11.3 Å². The Morgan fingerprint density at radius 1 is 1.30 bits per heavy atom. The summed E-state index contributed by atoms with van der Waals surface area (Å²) in [6.07, 6.45) is 0.406. The number of hydrogen-bond donors (Lipinski definition) is 4. The fraction of sp³-hybridized carbons (Fsp3) is 0.286. The van der Waals surface area contributed by atoms with Crippen LogP contribution in [0.1, 0.15) is 13.3 Å². The van der Waals surface area contributed by atoms with Gasteiger partial charge in [-0.25, -0.2) is 0 Å². The van der Waals surface area contributed by atoms with Gasteiger partial charge in [-0.2, -0.15) is 0 Å². The first-order chi connectivity index (χ1) is 9.58. The van der Waals surface area contributed by atoms with Crippen LogP contribution in [0.2, 0.25) is 0 Å². The van der Waals surface area contributed by atoms with Crippen LogP contribution in [0.5, 0.6) is 0 Å². The average molecular weight is 274 g/mol. The molecular formula is C14H18N4O2. The number of nitrogens with one attached hydrogen (secondary N) is 3. The molecule has 6 heteroatoms. The SMILES string of the molecule is CC(CN)CC(=O)Nc1ccc(-c2cc(=O)[nH][nH]2)cc1. The Bertz CT molecular complexity index is 627. The van der Waals surface area contributed by atoms with Crippen molar-refractivity contribution in [2.45, 2.75) is 13.3 Å². The number of nitrogens with two attached hydrogens (primary N) is 1. The summed E-state index contributed by atoms with van der Waals surface area (Å²) < 4.78 is 0. The van der Waals surface area contributed by atoms with Crippen molar-refractivity contribution in [2.75, 3.05) is 11.9 Å². The van der Waals surface area contributed by atoms with Crippen LogP contribution in [-0.2, 0) is 4.79 Å². The number of anilines is 1. The number of H-pyrrole nitrogens is 2. The summed E-state index contributed by atoms with van der Waals surface area (Å²) in [6.45, 7) is 2.43. The molecular weight excluding hydrogens is 256 g/mol. The first-order valence-corrected chi connectivity index (χ1v) is 6.46. The van der Waals surface area contributed by atoms with Gasteiger partial charge in [0, 0.05) is 18.2 Å². The fourth-order valence-corrected chi connectivity index (χ4v) is 1.83. The third kappa shape index (κ3) is 3.58. The summed E-state index contributed by atoms with van der Waals surface area (Å²) in [5.41, 5.74) is 7.62. The third-order valence-corrected chi connectivity index (χ3v) is 3.01. The number of carbonyl (C=O) groups is 1. The van der Waals surface area contributed by atoms with Crippen LogP contribution in [-0.4, -0.2) is 22.6 Å². The van der Waals surface area contributed by atoms with Gasteiger partial charge in [0.1, 0.15) is 0 Å². The Morgan fingerprint density at radius 2 is 2.00 bits per heavy atom. The number of carbonyl (C=O) groups excluding carboxylic acids is 1. The van der Waals surface area contributed by atoms with E-state index in [1.54, 1.807) is 12.1 Å². The highest BCUT2D eigenvalue weighted by atomic mass is 16.1. The number of hydrogen-bond acceptors (Lipinski definition) is 3. The molecule has 1 aromatic carbocycles. The van der Waals surface area contributed by atoms with Gasteiger partial charge in [0.2, 0.25) is 5.91 Å². The van der Waals surface area contributed by atoms with Crippen molar-refractivity contribution < 1.29 is 4.79 Å². The molecule has 0 saturated carbocycles. The number of aromatic amines is 2. The second-order valence-corrected chi connectivity index (χ2v) is 4.84. The molecule has 2 rings (SSSR count). The highest BCUT2D eigenvalue weighted by molar-refractivity contribution is 5.91. The molecule has 1 atom stereocenters. The van der Waals surface area contributed by atoms with Crippen molar-refractivity contribution >= 4 is 11.6 Å². The summed E-state index contributed by atoms with van der Waals surface area (Å²) in [7, 11) is 0. The maximum absolute atomic E-state index is 11.7. The topological polar surface area (TPSA) is 104 Å². The lowest BCUT2D eigenvalue weighted by Gasteiger charge is -2.09. The molecule has 0 aliphatic heterocycles. The van der Waals surface area contributed by atoms with E-state index in [9.17, 15) is 9.59 Å². The van der Waals surface area contributed by atoms with Gasteiger partial charge in [-0.05, 0) is 30.2 Å². The van der Waals surface area contributed by atoms with E-state index in [-0.39, 0.29) is 17.4 Å². The highest BCUT2D eigenvalue weighted by Gasteiger charge is 2.08. The number of amides is 1. The van der Waals surface area contributed by atoms with Crippen molar-refractivity contribution in [1.29, 1.82) is 0 Å². The second-order valence-electron chi connectivity index (χ2n) is 4.84. The normalized spacial score (nSPS) is 12.1. The lowest BCUT2D eigenvalue weighted by Crippen LogP contribution is -2.19. The van der Waals surface area contributed by atoms with Crippen LogP contribution in [0, 0.1) is 5.92 Å². The molecule has 0 aliphatic carbocycles. The lowest BCUT2D eigenvalue weighted by atomic mass is 10.1. The van der Waals surface area contributed by atoms with Crippen LogP contribution in [0.25, 0.3) is 11.3 Å². The monoisotopic (exact) mass is 274 g/mol. The second kappa shape index (κ2) is 6.21. The fourth-order valence-electron chi connectivity index (χ4n) is 1.83. The van der Waals surface area contributed by atoms with Crippen molar-refractivity contribution in [2.24, 2.45) is 11.7 Å². The largest absolute Gasteiger partial charge is 0.330 e. The van der Waals surface area contributed by atoms with Crippen LogP contribution >= 0.6 is 0 Å². The molecule has 0 radical (unpaired) electrons. The van der Waals surface area contributed by atoms with E-state index in [2.05, 4.69) is 15.5 Å². The molecule has 1 amide bonds. The molecule has 0 spiro atoms. The number of benzene rings is 1. The summed E-state index contributed by atoms with van der Waals surface area (Å²) in [5.74, 6) is 0.116.